The van der Waals surface area contributed by atoms with Crippen LogP contribution in [0.1, 0.15) is 21.6 Å². The normalized spacial score (nSPS) is 15.1. The number of amides is 1. The van der Waals surface area contributed by atoms with Gasteiger partial charge in [0, 0.05) is 38.3 Å². The zero-order valence-electron chi connectivity index (χ0n) is 20.6. The molecule has 0 bridgehead atoms. The van der Waals surface area contributed by atoms with E-state index in [9.17, 15) is 9.59 Å². The second-order valence-corrected chi connectivity index (χ2v) is 8.66. The van der Waals surface area contributed by atoms with E-state index in [4.69, 9.17) is 14.2 Å². The molecular weight excluding hydrogens is 446 g/mol. The van der Waals surface area contributed by atoms with E-state index >= 15 is 0 Å². The van der Waals surface area contributed by atoms with Crippen LogP contribution >= 0.6 is 0 Å². The Hall–Kier alpha value is -3.36. The average molecular weight is 480 g/mol. The lowest BCUT2D eigenvalue weighted by atomic mass is 10.0. The Morgan fingerprint density at radius 2 is 1.77 bits per heavy atom. The molecule has 8 nitrogen and oxygen atoms in total. The van der Waals surface area contributed by atoms with Gasteiger partial charge in [-0.15, -0.1) is 0 Å². The van der Waals surface area contributed by atoms with Crippen LogP contribution in [0.3, 0.4) is 0 Å². The molecule has 0 spiro atoms. The van der Waals surface area contributed by atoms with Crippen LogP contribution in [0.4, 0.5) is 0 Å². The molecule has 2 aromatic carbocycles. The summed E-state index contributed by atoms with van der Waals surface area (Å²) in [4.78, 5) is 28.6. The molecule has 1 aliphatic rings. The van der Waals surface area contributed by atoms with Crippen molar-refractivity contribution >= 4 is 22.8 Å². The molecule has 186 valence electrons. The lowest BCUT2D eigenvalue weighted by Gasteiger charge is -2.27. The van der Waals surface area contributed by atoms with Crippen molar-refractivity contribution in [1.82, 2.24) is 14.8 Å². The summed E-state index contributed by atoms with van der Waals surface area (Å²) in [5.74, 6) is -0.185. The zero-order valence-corrected chi connectivity index (χ0v) is 20.6. The number of carbonyl (C=O) groups excluding carboxylic acids is 2. The molecule has 0 radical (unpaired) electrons. The van der Waals surface area contributed by atoms with Gasteiger partial charge in [0.25, 0.3) is 5.91 Å². The first kappa shape index (κ1) is 24.8. The molecule has 1 saturated heterocycles. The number of aromatic nitrogens is 1. The highest BCUT2D eigenvalue weighted by molar-refractivity contribution is 6.11. The van der Waals surface area contributed by atoms with Gasteiger partial charge >= 0.3 is 5.97 Å². The molecule has 8 heteroatoms. The van der Waals surface area contributed by atoms with E-state index in [1.54, 1.807) is 7.11 Å². The van der Waals surface area contributed by atoms with E-state index in [0.717, 1.165) is 61.6 Å². The number of benzene rings is 2. The fourth-order valence-electron chi connectivity index (χ4n) is 4.71. The van der Waals surface area contributed by atoms with E-state index in [0.29, 0.717) is 17.7 Å². The Kier molecular flexibility index (Phi) is 8.05. The van der Waals surface area contributed by atoms with Crippen molar-refractivity contribution in [3.8, 4) is 5.75 Å². The Balaban J connectivity index is 1.66. The van der Waals surface area contributed by atoms with Crippen LogP contribution in [-0.4, -0.2) is 74.5 Å². The van der Waals surface area contributed by atoms with Gasteiger partial charge in [0.05, 0.1) is 43.9 Å². The van der Waals surface area contributed by atoms with Gasteiger partial charge in [0.2, 0.25) is 0 Å². The highest BCUT2D eigenvalue weighted by Gasteiger charge is 2.28. The van der Waals surface area contributed by atoms with Crippen molar-refractivity contribution in [2.45, 2.75) is 25.9 Å². The van der Waals surface area contributed by atoms with Crippen LogP contribution in [0, 0.1) is 6.92 Å². The summed E-state index contributed by atoms with van der Waals surface area (Å²) in [6.07, 6.45) is 0.338. The SMILES string of the molecule is COC(=O)C(Cc1ccccc1)NC(=O)c1c(C)n(CCN2CCOCC2)c2cccc(OC)c12. The third-order valence-electron chi connectivity index (χ3n) is 6.58. The molecule has 1 aromatic heterocycles. The second-order valence-electron chi connectivity index (χ2n) is 8.66. The smallest absolute Gasteiger partial charge is 0.328 e. The fraction of sp³-hybridized carbons (Fsp3) is 0.407. The molecule has 1 atom stereocenters. The van der Waals surface area contributed by atoms with Crippen LogP contribution in [0.2, 0.25) is 0 Å². The van der Waals surface area contributed by atoms with Crippen LogP contribution in [0.5, 0.6) is 5.75 Å². The summed E-state index contributed by atoms with van der Waals surface area (Å²) in [6, 6.07) is 14.6. The molecule has 1 N–H and O–H groups in total. The summed E-state index contributed by atoms with van der Waals surface area (Å²) < 4.78 is 18.3. The van der Waals surface area contributed by atoms with Crippen molar-refractivity contribution in [3.63, 3.8) is 0 Å². The third kappa shape index (κ3) is 5.49. The molecule has 1 unspecified atom stereocenters. The van der Waals surface area contributed by atoms with E-state index in [-0.39, 0.29) is 5.91 Å². The molecular formula is C27H33N3O5. The topological polar surface area (TPSA) is 82.0 Å². The van der Waals surface area contributed by atoms with Crippen LogP contribution in [0.15, 0.2) is 48.5 Å². The number of rotatable bonds is 9. The Morgan fingerprint density at radius 3 is 2.46 bits per heavy atom. The van der Waals surface area contributed by atoms with Gasteiger partial charge in [-0.2, -0.15) is 0 Å². The number of hydrogen-bond donors (Lipinski definition) is 1. The van der Waals surface area contributed by atoms with Crippen molar-refractivity contribution in [3.05, 3.63) is 65.4 Å². The minimum absolute atomic E-state index is 0.326. The van der Waals surface area contributed by atoms with Gasteiger partial charge in [-0.25, -0.2) is 4.79 Å². The van der Waals surface area contributed by atoms with Gasteiger partial charge in [-0.3, -0.25) is 9.69 Å². The number of carbonyl (C=O) groups is 2. The summed E-state index contributed by atoms with van der Waals surface area (Å²) in [6.45, 7) is 6.80. The molecule has 0 saturated carbocycles. The van der Waals surface area contributed by atoms with Crippen LogP contribution < -0.4 is 10.1 Å². The molecule has 1 amide bonds. The van der Waals surface area contributed by atoms with Crippen molar-refractivity contribution < 1.29 is 23.8 Å². The lowest BCUT2D eigenvalue weighted by Crippen LogP contribution is -2.43. The summed E-state index contributed by atoms with van der Waals surface area (Å²) >= 11 is 0. The molecule has 4 rings (SSSR count). The monoisotopic (exact) mass is 479 g/mol. The lowest BCUT2D eigenvalue weighted by molar-refractivity contribution is -0.142. The summed E-state index contributed by atoms with van der Waals surface area (Å²) in [5, 5.41) is 3.67. The van der Waals surface area contributed by atoms with Crippen molar-refractivity contribution in [2.75, 3.05) is 47.1 Å². The maximum Gasteiger partial charge on any atom is 0.328 e. The standard InChI is InChI=1S/C27H33N3O5/c1-19-24(26(31)28-21(27(32)34-3)18-20-8-5-4-6-9-20)25-22(10-7-11-23(25)33-2)30(19)13-12-29-14-16-35-17-15-29/h4-11,21H,12-18H2,1-3H3,(H,28,31). The third-order valence-corrected chi connectivity index (χ3v) is 6.58. The molecule has 2 heterocycles. The fourth-order valence-corrected chi connectivity index (χ4v) is 4.71. The summed E-state index contributed by atoms with van der Waals surface area (Å²) in [7, 11) is 2.93. The maximum absolute atomic E-state index is 13.7. The predicted molar refractivity (Wildman–Crippen MR) is 134 cm³/mol. The number of methoxy groups -OCH3 is 2. The van der Waals surface area contributed by atoms with Gasteiger partial charge in [0.1, 0.15) is 11.8 Å². The van der Waals surface area contributed by atoms with Gasteiger partial charge in [0.15, 0.2) is 0 Å². The largest absolute Gasteiger partial charge is 0.496 e. The molecule has 35 heavy (non-hydrogen) atoms. The summed E-state index contributed by atoms with van der Waals surface area (Å²) in [5.41, 5.74) is 3.21. The quantitative estimate of drug-likeness (QED) is 0.476. The Labute approximate surface area is 205 Å². The number of hydrogen-bond acceptors (Lipinski definition) is 6. The zero-order chi connectivity index (χ0) is 24.8. The van der Waals surface area contributed by atoms with Gasteiger partial charge in [-0.1, -0.05) is 36.4 Å². The Bertz CT molecular complexity index is 1170. The van der Waals surface area contributed by atoms with E-state index in [2.05, 4.69) is 14.8 Å². The number of nitrogens with one attached hydrogen (secondary N) is 1. The van der Waals surface area contributed by atoms with E-state index in [1.165, 1.54) is 7.11 Å². The second kappa shape index (κ2) is 11.4. The highest BCUT2D eigenvalue weighted by Crippen LogP contribution is 2.33. The average Bonchev–Trinajstić information content (AvgIpc) is 3.18. The number of nitrogens with zero attached hydrogens (tertiary/aromatic N) is 2. The first-order valence-corrected chi connectivity index (χ1v) is 11.9. The van der Waals surface area contributed by atoms with E-state index in [1.807, 2.05) is 55.5 Å². The van der Waals surface area contributed by atoms with Crippen molar-refractivity contribution in [1.29, 1.82) is 0 Å². The van der Waals surface area contributed by atoms with Gasteiger partial charge in [-0.05, 0) is 24.6 Å². The highest BCUT2D eigenvalue weighted by atomic mass is 16.5. The first-order valence-electron chi connectivity index (χ1n) is 11.9. The number of morpholine rings is 1. The molecule has 0 aliphatic carbocycles. The predicted octanol–water partition coefficient (Wildman–Crippen LogP) is 2.80. The molecule has 3 aromatic rings. The first-order chi connectivity index (χ1) is 17.0. The maximum atomic E-state index is 13.7. The minimum Gasteiger partial charge on any atom is -0.496 e. The minimum atomic E-state index is -0.809. The molecule has 1 fully saturated rings. The van der Waals surface area contributed by atoms with Crippen molar-refractivity contribution in [2.24, 2.45) is 0 Å². The number of fused-ring (bicyclic) bond motifs is 1. The van der Waals surface area contributed by atoms with E-state index < -0.39 is 12.0 Å². The Morgan fingerprint density at radius 1 is 1.03 bits per heavy atom. The number of esters is 1. The van der Waals surface area contributed by atoms with Crippen LogP contribution in [-0.2, 0) is 27.2 Å². The number of ether oxygens (including phenoxy) is 3. The molecule has 1 aliphatic heterocycles. The van der Waals surface area contributed by atoms with Crippen LogP contribution in [0.25, 0.3) is 10.9 Å². The van der Waals surface area contributed by atoms with Gasteiger partial charge < -0.3 is 24.1 Å².